The third-order valence-electron chi connectivity index (χ3n) is 5.02. The van der Waals surface area contributed by atoms with E-state index in [2.05, 4.69) is 25.3 Å². The predicted molar refractivity (Wildman–Crippen MR) is 112 cm³/mol. The molecular weight excluding hydrogens is 342 g/mol. The van der Waals surface area contributed by atoms with Gasteiger partial charge in [-0.3, -0.25) is 4.79 Å². The second kappa shape index (κ2) is 9.97. The van der Waals surface area contributed by atoms with E-state index in [9.17, 15) is 4.79 Å². The first-order chi connectivity index (χ1) is 12.5. The molecule has 2 aromatic rings. The van der Waals surface area contributed by atoms with E-state index >= 15 is 0 Å². The summed E-state index contributed by atoms with van der Waals surface area (Å²) in [5.74, 6) is 0.875. The Labute approximate surface area is 163 Å². The van der Waals surface area contributed by atoms with Gasteiger partial charge in [0.25, 0.3) is 0 Å². The van der Waals surface area contributed by atoms with Crippen molar-refractivity contribution in [2.45, 2.75) is 72.6 Å². The van der Waals surface area contributed by atoms with Crippen molar-refractivity contribution in [2.75, 3.05) is 0 Å². The van der Waals surface area contributed by atoms with Crippen LogP contribution in [0.4, 0.5) is 0 Å². The van der Waals surface area contributed by atoms with Crippen molar-refractivity contribution in [1.82, 2.24) is 4.57 Å². The number of aromatic nitrogens is 1. The Morgan fingerprint density at radius 1 is 1.08 bits per heavy atom. The van der Waals surface area contributed by atoms with Gasteiger partial charge in [-0.15, -0.1) is 0 Å². The number of carbonyl (C=O) groups is 1. The van der Waals surface area contributed by atoms with Crippen molar-refractivity contribution in [1.29, 1.82) is 0 Å². The van der Waals surface area contributed by atoms with Crippen LogP contribution in [0.5, 0.6) is 0 Å². The van der Waals surface area contributed by atoms with E-state index in [1.807, 2.05) is 37.3 Å². The van der Waals surface area contributed by atoms with Crippen LogP contribution in [-0.4, -0.2) is 10.4 Å². The van der Waals surface area contributed by atoms with Crippen molar-refractivity contribution in [3.8, 4) is 5.69 Å². The molecule has 1 aliphatic carbocycles. The molecule has 1 heterocycles. The van der Waals surface area contributed by atoms with E-state index in [1.54, 1.807) is 0 Å². The Morgan fingerprint density at radius 3 is 2.23 bits per heavy atom. The number of hydrogen-bond donors (Lipinski definition) is 0. The number of halogens is 1. The molecule has 2 nitrogen and oxygen atoms in total. The first-order valence-electron chi connectivity index (χ1n) is 9.96. The highest BCUT2D eigenvalue weighted by atomic mass is 35.5. The lowest BCUT2D eigenvalue weighted by Crippen LogP contribution is -2.13. The molecule has 0 amide bonds. The third-order valence-corrected chi connectivity index (χ3v) is 5.27. The van der Waals surface area contributed by atoms with Gasteiger partial charge in [-0.2, -0.15) is 0 Å². The quantitative estimate of drug-likeness (QED) is 0.514. The van der Waals surface area contributed by atoms with Crippen LogP contribution >= 0.6 is 11.6 Å². The molecule has 3 heteroatoms. The summed E-state index contributed by atoms with van der Waals surface area (Å²) in [6, 6.07) is 9.81. The largest absolute Gasteiger partial charge is 0.318 e. The van der Waals surface area contributed by atoms with Crippen LogP contribution in [0.25, 0.3) is 5.69 Å². The predicted octanol–water partition coefficient (Wildman–Crippen LogP) is 7.32. The van der Waals surface area contributed by atoms with E-state index in [1.165, 1.54) is 38.5 Å². The topological polar surface area (TPSA) is 22.0 Å². The lowest BCUT2D eigenvalue weighted by Gasteiger charge is -2.20. The van der Waals surface area contributed by atoms with Gasteiger partial charge in [-0.25, -0.2) is 0 Å². The second-order valence-corrected chi connectivity index (χ2v) is 7.87. The summed E-state index contributed by atoms with van der Waals surface area (Å²) < 4.78 is 2.14. The number of Topliss-reactive ketones (excluding diaryl/α,β-unsaturated/α-hetero) is 1. The molecule has 3 rings (SSSR count). The summed E-state index contributed by atoms with van der Waals surface area (Å²) >= 11 is 5.98. The molecule has 1 aromatic carbocycles. The smallest absolute Gasteiger partial charge is 0.164 e. The number of rotatable bonds is 4. The molecule has 0 N–H and O–H groups in total. The van der Waals surface area contributed by atoms with E-state index < -0.39 is 0 Å². The van der Waals surface area contributed by atoms with Crippen LogP contribution < -0.4 is 0 Å². The molecule has 0 spiro atoms. The van der Waals surface area contributed by atoms with Crippen LogP contribution in [0.15, 0.2) is 30.3 Å². The van der Waals surface area contributed by atoms with Gasteiger partial charge in [0.15, 0.2) is 5.78 Å². The summed E-state index contributed by atoms with van der Waals surface area (Å²) in [5.41, 5.74) is 4.06. The molecule has 1 aliphatic rings. The number of hydrogen-bond acceptors (Lipinski definition) is 1. The molecule has 0 bridgehead atoms. The van der Waals surface area contributed by atoms with Gasteiger partial charge >= 0.3 is 0 Å². The summed E-state index contributed by atoms with van der Waals surface area (Å²) in [6.45, 7) is 8.34. The highest BCUT2D eigenvalue weighted by Crippen LogP contribution is 2.29. The minimum Gasteiger partial charge on any atom is -0.318 e. The number of aryl methyl sites for hydroxylation is 1. The zero-order valence-electron chi connectivity index (χ0n) is 16.6. The Hall–Kier alpha value is -1.54. The van der Waals surface area contributed by atoms with Gasteiger partial charge in [0, 0.05) is 34.1 Å². The number of benzene rings is 1. The van der Waals surface area contributed by atoms with Gasteiger partial charge in [0.05, 0.1) is 0 Å². The fourth-order valence-corrected chi connectivity index (χ4v) is 3.92. The van der Waals surface area contributed by atoms with Crippen molar-refractivity contribution in [2.24, 2.45) is 5.92 Å². The highest BCUT2D eigenvalue weighted by Gasteiger charge is 2.21. The SMILES string of the molecule is CCC.Cc1cc(C(=O)CC2CCCCC2)c(C)n1-c1ccc(Cl)cc1. The Balaban J connectivity index is 0.000000758. The van der Waals surface area contributed by atoms with Gasteiger partial charge in [0.1, 0.15) is 0 Å². The highest BCUT2D eigenvalue weighted by molar-refractivity contribution is 6.30. The maximum absolute atomic E-state index is 12.8. The van der Waals surface area contributed by atoms with Crippen LogP contribution in [0.3, 0.4) is 0 Å². The first kappa shape index (κ1) is 20.8. The summed E-state index contributed by atoms with van der Waals surface area (Å²) in [7, 11) is 0. The number of nitrogens with zero attached hydrogens (tertiary/aromatic N) is 1. The molecular formula is C23H32ClNO. The van der Waals surface area contributed by atoms with Crippen molar-refractivity contribution in [3.63, 3.8) is 0 Å². The Kier molecular flexibility index (Phi) is 7.96. The fourth-order valence-electron chi connectivity index (χ4n) is 3.80. The average molecular weight is 374 g/mol. The van der Waals surface area contributed by atoms with Crippen molar-refractivity contribution < 1.29 is 4.79 Å². The van der Waals surface area contributed by atoms with E-state index in [-0.39, 0.29) is 0 Å². The zero-order valence-corrected chi connectivity index (χ0v) is 17.4. The second-order valence-electron chi connectivity index (χ2n) is 7.44. The molecule has 0 aliphatic heterocycles. The standard InChI is InChI=1S/C20H24ClNO.C3H8/c1-14-12-19(20(23)13-16-6-4-3-5-7-16)15(2)22(14)18-10-8-17(21)9-11-18;1-3-2/h8-12,16H,3-7,13H2,1-2H3;3H2,1-2H3. The third kappa shape index (κ3) is 5.23. The van der Waals surface area contributed by atoms with Crippen molar-refractivity contribution >= 4 is 17.4 Å². The maximum atomic E-state index is 12.8. The fraction of sp³-hybridized carbons (Fsp3) is 0.522. The molecule has 1 fully saturated rings. The van der Waals surface area contributed by atoms with Crippen LogP contribution in [-0.2, 0) is 0 Å². The number of ketones is 1. The van der Waals surface area contributed by atoms with Gasteiger partial charge in [-0.1, -0.05) is 64.0 Å². The summed E-state index contributed by atoms with van der Waals surface area (Å²) in [4.78, 5) is 12.8. The van der Waals surface area contributed by atoms with Gasteiger partial charge < -0.3 is 4.57 Å². The zero-order chi connectivity index (χ0) is 19.1. The van der Waals surface area contributed by atoms with Crippen LogP contribution in [0.2, 0.25) is 5.02 Å². The minimum atomic E-state index is 0.296. The molecule has 26 heavy (non-hydrogen) atoms. The van der Waals surface area contributed by atoms with Crippen LogP contribution in [0, 0.1) is 19.8 Å². The first-order valence-corrected chi connectivity index (χ1v) is 10.3. The van der Waals surface area contributed by atoms with E-state index in [4.69, 9.17) is 11.6 Å². The average Bonchev–Trinajstić information content (AvgIpc) is 2.92. The molecule has 1 saturated carbocycles. The normalized spacial score (nSPS) is 14.7. The van der Waals surface area contributed by atoms with Gasteiger partial charge in [-0.05, 0) is 50.1 Å². The molecule has 0 radical (unpaired) electrons. The molecule has 142 valence electrons. The van der Waals surface area contributed by atoms with Crippen molar-refractivity contribution in [3.05, 3.63) is 52.3 Å². The van der Waals surface area contributed by atoms with E-state index in [0.717, 1.165) is 27.7 Å². The summed E-state index contributed by atoms with van der Waals surface area (Å²) in [5, 5.41) is 0.727. The van der Waals surface area contributed by atoms with E-state index in [0.29, 0.717) is 18.1 Å². The molecule has 0 atom stereocenters. The lowest BCUT2D eigenvalue weighted by atomic mass is 9.85. The summed E-state index contributed by atoms with van der Waals surface area (Å²) in [6.07, 6.45) is 8.26. The van der Waals surface area contributed by atoms with Crippen LogP contribution in [0.1, 0.15) is 80.5 Å². The monoisotopic (exact) mass is 373 g/mol. The molecule has 0 saturated heterocycles. The van der Waals surface area contributed by atoms with Gasteiger partial charge in [0.2, 0.25) is 0 Å². The Bertz CT molecular complexity index is 709. The Morgan fingerprint density at radius 2 is 1.65 bits per heavy atom. The number of carbonyl (C=O) groups excluding carboxylic acids is 1. The maximum Gasteiger partial charge on any atom is 0.164 e. The molecule has 0 unspecified atom stereocenters. The molecule has 1 aromatic heterocycles. The lowest BCUT2D eigenvalue weighted by molar-refractivity contribution is 0.0949. The minimum absolute atomic E-state index is 0.296.